The van der Waals surface area contributed by atoms with Crippen LogP contribution in [-0.2, 0) is 9.16 Å². The van der Waals surface area contributed by atoms with Crippen molar-refractivity contribution in [3.8, 4) is 0 Å². The number of rotatable bonds is 5. The number of carbonyl (C=O) groups excluding carboxylic acids is 1. The van der Waals surface area contributed by atoms with Gasteiger partial charge in [-0.1, -0.05) is 53.7 Å². The Kier molecular flexibility index (Phi) is 6.49. The van der Waals surface area contributed by atoms with Crippen molar-refractivity contribution in [2.75, 3.05) is 6.61 Å². The van der Waals surface area contributed by atoms with Crippen molar-refractivity contribution in [2.45, 2.75) is 65.8 Å². The van der Waals surface area contributed by atoms with E-state index in [4.69, 9.17) is 4.43 Å². The molecule has 1 atom stereocenters. The van der Waals surface area contributed by atoms with Gasteiger partial charge in [-0.15, -0.1) is 0 Å². The van der Waals surface area contributed by atoms with E-state index in [0.29, 0.717) is 0 Å². The molecule has 118 valence electrons. The van der Waals surface area contributed by atoms with Gasteiger partial charge in [0.2, 0.25) is 0 Å². The second kappa shape index (κ2) is 6.76. The molecule has 4 nitrogen and oxygen atoms in total. The third-order valence-corrected chi connectivity index (χ3v) is 8.15. The Morgan fingerprint density at radius 1 is 1.20 bits per heavy atom. The first-order chi connectivity index (χ1) is 8.77. The van der Waals surface area contributed by atoms with Gasteiger partial charge in [0, 0.05) is 6.61 Å². The van der Waals surface area contributed by atoms with E-state index < -0.39 is 14.5 Å². The van der Waals surface area contributed by atoms with Crippen LogP contribution in [0, 0.1) is 5.41 Å². The van der Waals surface area contributed by atoms with E-state index >= 15 is 0 Å². The van der Waals surface area contributed by atoms with Crippen LogP contribution in [0.2, 0.25) is 18.1 Å². The van der Waals surface area contributed by atoms with E-state index in [2.05, 4.69) is 59.4 Å². The van der Waals surface area contributed by atoms with Gasteiger partial charge in [-0.05, 0) is 23.5 Å². The standard InChI is InChI=1S/C15H30O4Si/c1-14(2,3)12(10-9-11-18-13(16)17)19-20(7,8)15(4,5)6/h9-10,12H,11H2,1-8H3,(H,16,17)/p-1. The van der Waals surface area contributed by atoms with Crippen LogP contribution in [0.3, 0.4) is 0 Å². The maximum atomic E-state index is 10.2. The molecular weight excluding hydrogens is 272 g/mol. The van der Waals surface area contributed by atoms with E-state index in [9.17, 15) is 9.90 Å². The first kappa shape index (κ1) is 19.2. The zero-order valence-electron chi connectivity index (χ0n) is 14.1. The van der Waals surface area contributed by atoms with Gasteiger partial charge in [0.05, 0.1) is 6.10 Å². The molecule has 0 N–H and O–H groups in total. The Labute approximate surface area is 124 Å². The minimum Gasteiger partial charge on any atom is -0.546 e. The first-order valence-corrected chi connectivity index (χ1v) is 9.86. The van der Waals surface area contributed by atoms with Crippen LogP contribution in [0.25, 0.3) is 0 Å². The average Bonchev–Trinajstić information content (AvgIpc) is 2.18. The van der Waals surface area contributed by atoms with Crippen molar-refractivity contribution >= 4 is 14.5 Å². The quantitative estimate of drug-likeness (QED) is 0.444. The summed E-state index contributed by atoms with van der Waals surface area (Å²) in [5.74, 6) is 0. The lowest BCUT2D eigenvalue weighted by molar-refractivity contribution is -0.281. The first-order valence-electron chi connectivity index (χ1n) is 6.95. The summed E-state index contributed by atoms with van der Waals surface area (Å²) in [6.07, 6.45) is 1.99. The topological polar surface area (TPSA) is 58.6 Å². The molecule has 0 fully saturated rings. The number of hydrogen-bond donors (Lipinski definition) is 0. The Bertz CT molecular complexity index is 348. The molecule has 20 heavy (non-hydrogen) atoms. The summed E-state index contributed by atoms with van der Waals surface area (Å²) < 4.78 is 10.8. The Hall–Kier alpha value is -0.813. The summed E-state index contributed by atoms with van der Waals surface area (Å²) in [5.41, 5.74) is -0.0620. The Balaban J connectivity index is 4.89. The lowest BCUT2D eigenvalue weighted by atomic mass is 9.89. The summed E-state index contributed by atoms with van der Waals surface area (Å²) in [5, 5.41) is 10.3. The van der Waals surface area contributed by atoms with Gasteiger partial charge in [-0.3, -0.25) is 0 Å². The predicted octanol–water partition coefficient (Wildman–Crippen LogP) is 3.34. The summed E-state index contributed by atoms with van der Waals surface area (Å²) >= 11 is 0. The maximum absolute atomic E-state index is 10.2. The Morgan fingerprint density at radius 2 is 1.70 bits per heavy atom. The molecule has 0 aliphatic heterocycles. The fraction of sp³-hybridized carbons (Fsp3) is 0.800. The largest absolute Gasteiger partial charge is 0.546 e. The second-order valence-corrected chi connectivity index (χ2v) is 12.4. The highest BCUT2D eigenvalue weighted by Gasteiger charge is 2.40. The van der Waals surface area contributed by atoms with E-state index in [1.807, 2.05) is 6.08 Å². The van der Waals surface area contributed by atoms with Crippen LogP contribution < -0.4 is 5.11 Å². The molecule has 0 saturated heterocycles. The van der Waals surface area contributed by atoms with E-state index in [0.717, 1.165) is 0 Å². The SMILES string of the molecule is CC(C)(C)C(C=CCOC(=O)[O-])O[Si](C)(C)C(C)(C)C. The summed E-state index contributed by atoms with van der Waals surface area (Å²) in [4.78, 5) is 10.2. The molecule has 0 aliphatic carbocycles. The van der Waals surface area contributed by atoms with Crippen molar-refractivity contribution in [1.29, 1.82) is 0 Å². The summed E-state index contributed by atoms with van der Waals surface area (Å²) in [7, 11) is -1.88. The maximum Gasteiger partial charge on any atom is 0.252 e. The summed E-state index contributed by atoms with van der Waals surface area (Å²) in [6, 6.07) is 0. The van der Waals surface area contributed by atoms with Crippen molar-refractivity contribution in [3.63, 3.8) is 0 Å². The minimum atomic E-state index is -1.88. The van der Waals surface area contributed by atoms with Gasteiger partial charge in [-0.25, -0.2) is 0 Å². The highest BCUT2D eigenvalue weighted by atomic mass is 28.4. The van der Waals surface area contributed by atoms with Crippen LogP contribution in [0.4, 0.5) is 4.79 Å². The van der Waals surface area contributed by atoms with Gasteiger partial charge in [0.1, 0.15) is 0 Å². The summed E-state index contributed by atoms with van der Waals surface area (Å²) in [6.45, 7) is 17.3. The normalized spacial score (nSPS) is 15.4. The lowest BCUT2D eigenvalue weighted by Gasteiger charge is -2.42. The van der Waals surface area contributed by atoms with E-state index in [1.165, 1.54) is 0 Å². The van der Waals surface area contributed by atoms with Crippen LogP contribution in [0.5, 0.6) is 0 Å². The molecule has 0 bridgehead atoms. The third kappa shape index (κ3) is 6.57. The molecular formula is C15H29O4Si-. The van der Waals surface area contributed by atoms with E-state index in [1.54, 1.807) is 6.08 Å². The number of hydrogen-bond acceptors (Lipinski definition) is 4. The molecule has 0 aromatic heterocycles. The molecule has 5 heteroatoms. The fourth-order valence-corrected chi connectivity index (χ4v) is 2.71. The molecule has 0 rings (SSSR count). The highest BCUT2D eigenvalue weighted by molar-refractivity contribution is 6.74. The molecule has 0 amide bonds. The number of carbonyl (C=O) groups is 1. The molecule has 1 unspecified atom stereocenters. The monoisotopic (exact) mass is 301 g/mol. The van der Waals surface area contributed by atoms with E-state index in [-0.39, 0.29) is 23.2 Å². The molecule has 0 spiro atoms. The molecule has 0 saturated carbocycles. The van der Waals surface area contributed by atoms with Gasteiger partial charge >= 0.3 is 0 Å². The lowest BCUT2D eigenvalue weighted by Crippen LogP contribution is -2.46. The smallest absolute Gasteiger partial charge is 0.252 e. The molecule has 0 aromatic rings. The fourth-order valence-electron chi connectivity index (χ4n) is 1.29. The van der Waals surface area contributed by atoms with Gasteiger partial charge < -0.3 is 19.1 Å². The van der Waals surface area contributed by atoms with Crippen molar-refractivity contribution < 1.29 is 19.1 Å². The van der Waals surface area contributed by atoms with Crippen LogP contribution >= 0.6 is 0 Å². The molecule has 0 aromatic carbocycles. The van der Waals surface area contributed by atoms with Crippen LogP contribution in [-0.4, -0.2) is 27.2 Å². The predicted molar refractivity (Wildman–Crippen MR) is 82.0 cm³/mol. The van der Waals surface area contributed by atoms with Crippen molar-refractivity contribution in [1.82, 2.24) is 0 Å². The number of carboxylic acid groups (broad SMARTS) is 1. The van der Waals surface area contributed by atoms with Crippen LogP contribution in [0.15, 0.2) is 12.2 Å². The molecule has 0 heterocycles. The van der Waals surface area contributed by atoms with Gasteiger partial charge in [0.15, 0.2) is 8.32 Å². The zero-order valence-corrected chi connectivity index (χ0v) is 15.1. The molecule has 0 aliphatic rings. The average molecular weight is 301 g/mol. The minimum absolute atomic E-state index is 0.00419. The third-order valence-electron chi connectivity index (χ3n) is 3.69. The number of ether oxygens (including phenoxy) is 1. The second-order valence-electron chi connectivity index (χ2n) is 7.65. The van der Waals surface area contributed by atoms with Gasteiger partial charge in [-0.2, -0.15) is 0 Å². The van der Waals surface area contributed by atoms with Crippen LogP contribution in [0.1, 0.15) is 41.5 Å². The Morgan fingerprint density at radius 3 is 2.05 bits per heavy atom. The molecule has 0 radical (unpaired) electrons. The van der Waals surface area contributed by atoms with Crippen molar-refractivity contribution in [2.24, 2.45) is 5.41 Å². The highest BCUT2D eigenvalue weighted by Crippen LogP contribution is 2.39. The van der Waals surface area contributed by atoms with Crippen molar-refractivity contribution in [3.05, 3.63) is 12.2 Å². The van der Waals surface area contributed by atoms with Gasteiger partial charge in [0.25, 0.3) is 6.16 Å². The zero-order chi connectivity index (χ0) is 16.2.